The highest BCUT2D eigenvalue weighted by molar-refractivity contribution is 5.52. The molecule has 0 bridgehead atoms. The molecule has 0 saturated heterocycles. The molecular weight excluding hydrogens is 230 g/mol. The largest absolute Gasteiger partial charge is 0.431 e. The molecule has 0 aliphatic rings. The van der Waals surface area contributed by atoms with Gasteiger partial charge in [0.25, 0.3) is 0 Å². The molecule has 86 valence electrons. The maximum Gasteiger partial charge on any atom is 0.387 e. The van der Waals surface area contributed by atoms with Gasteiger partial charge in [-0.25, -0.2) is 0 Å². The second kappa shape index (κ2) is 5.21. The highest BCUT2D eigenvalue weighted by atomic mass is 19.3. The molecule has 0 aliphatic heterocycles. The van der Waals surface area contributed by atoms with Crippen molar-refractivity contribution in [3.63, 3.8) is 0 Å². The van der Waals surface area contributed by atoms with Crippen molar-refractivity contribution in [3.8, 4) is 17.6 Å². The van der Waals surface area contributed by atoms with E-state index in [1.54, 1.807) is 0 Å². The molecule has 0 unspecified atom stereocenters. The van der Waals surface area contributed by atoms with Crippen molar-refractivity contribution in [1.29, 1.82) is 5.26 Å². The van der Waals surface area contributed by atoms with E-state index in [2.05, 4.69) is 9.47 Å². The van der Waals surface area contributed by atoms with E-state index in [-0.39, 0.29) is 5.56 Å². The second-order valence-electron chi connectivity index (χ2n) is 2.50. The van der Waals surface area contributed by atoms with E-state index in [1.807, 2.05) is 0 Å². The molecule has 3 nitrogen and oxygen atoms in total. The van der Waals surface area contributed by atoms with Crippen LogP contribution >= 0.6 is 0 Å². The Bertz CT molecular complexity index is 403. The first-order valence-corrected chi connectivity index (χ1v) is 3.97. The van der Waals surface area contributed by atoms with E-state index in [0.717, 1.165) is 12.1 Å². The number of halogens is 4. The van der Waals surface area contributed by atoms with Gasteiger partial charge >= 0.3 is 13.2 Å². The zero-order chi connectivity index (χ0) is 12.1. The van der Waals surface area contributed by atoms with E-state index in [9.17, 15) is 17.6 Å². The van der Waals surface area contributed by atoms with Gasteiger partial charge < -0.3 is 9.47 Å². The van der Waals surface area contributed by atoms with Crippen molar-refractivity contribution in [2.75, 3.05) is 0 Å². The van der Waals surface area contributed by atoms with E-state index >= 15 is 0 Å². The number of hydrogen-bond acceptors (Lipinski definition) is 3. The van der Waals surface area contributed by atoms with Crippen LogP contribution in [-0.4, -0.2) is 13.2 Å². The second-order valence-corrected chi connectivity index (χ2v) is 2.50. The number of para-hydroxylation sites is 1. The van der Waals surface area contributed by atoms with Crippen LogP contribution in [-0.2, 0) is 0 Å². The standard InChI is InChI=1S/C9H5F4NO2/c10-8(11)15-6-3-1-2-5(4-14)7(6)16-9(12)13/h1-3,8-9H. The first kappa shape index (κ1) is 12.1. The fourth-order valence-electron chi connectivity index (χ4n) is 1.00. The van der Waals surface area contributed by atoms with Crippen LogP contribution in [0, 0.1) is 11.3 Å². The van der Waals surface area contributed by atoms with Crippen molar-refractivity contribution < 1.29 is 27.0 Å². The molecule has 0 aliphatic carbocycles. The Morgan fingerprint density at radius 2 is 1.69 bits per heavy atom. The number of benzene rings is 1. The zero-order valence-corrected chi connectivity index (χ0v) is 7.66. The van der Waals surface area contributed by atoms with Crippen molar-refractivity contribution in [1.82, 2.24) is 0 Å². The predicted molar refractivity (Wildman–Crippen MR) is 44.4 cm³/mol. The highest BCUT2D eigenvalue weighted by Gasteiger charge is 2.18. The minimum absolute atomic E-state index is 0.307. The third-order valence-corrected chi connectivity index (χ3v) is 1.52. The van der Waals surface area contributed by atoms with Crippen LogP contribution in [0.3, 0.4) is 0 Å². The molecule has 1 aromatic carbocycles. The van der Waals surface area contributed by atoms with Crippen molar-refractivity contribution in [3.05, 3.63) is 23.8 Å². The van der Waals surface area contributed by atoms with E-state index in [1.165, 1.54) is 12.1 Å². The third-order valence-electron chi connectivity index (χ3n) is 1.52. The summed E-state index contributed by atoms with van der Waals surface area (Å²) in [6, 6.07) is 4.90. The zero-order valence-electron chi connectivity index (χ0n) is 7.66. The number of hydrogen-bond donors (Lipinski definition) is 0. The van der Waals surface area contributed by atoms with Crippen LogP contribution in [0.4, 0.5) is 17.6 Å². The molecule has 0 fully saturated rings. The number of rotatable bonds is 4. The summed E-state index contributed by atoms with van der Waals surface area (Å²) in [6.07, 6.45) is 0. The molecule has 0 spiro atoms. The SMILES string of the molecule is N#Cc1cccc(OC(F)F)c1OC(F)F. The first-order valence-electron chi connectivity index (χ1n) is 3.97. The summed E-state index contributed by atoms with van der Waals surface area (Å²) in [5, 5.41) is 8.57. The maximum absolute atomic E-state index is 12.0. The Morgan fingerprint density at radius 3 is 2.19 bits per heavy atom. The van der Waals surface area contributed by atoms with Gasteiger partial charge in [-0.05, 0) is 12.1 Å². The minimum Gasteiger partial charge on any atom is -0.431 e. The molecule has 0 N–H and O–H groups in total. The minimum atomic E-state index is -3.23. The molecule has 16 heavy (non-hydrogen) atoms. The van der Waals surface area contributed by atoms with Gasteiger partial charge in [-0.15, -0.1) is 0 Å². The lowest BCUT2D eigenvalue weighted by Gasteiger charge is -2.12. The van der Waals surface area contributed by atoms with Crippen LogP contribution in [0.2, 0.25) is 0 Å². The van der Waals surface area contributed by atoms with Gasteiger partial charge in [0, 0.05) is 0 Å². The molecular formula is C9H5F4NO2. The fourth-order valence-corrected chi connectivity index (χ4v) is 1.00. The van der Waals surface area contributed by atoms with Crippen molar-refractivity contribution >= 4 is 0 Å². The third kappa shape index (κ3) is 3.02. The Morgan fingerprint density at radius 1 is 1.06 bits per heavy atom. The molecule has 1 aromatic rings. The van der Waals surface area contributed by atoms with Gasteiger partial charge in [0.2, 0.25) is 0 Å². The molecule has 1 rings (SSSR count). The topological polar surface area (TPSA) is 42.2 Å². The summed E-state index contributed by atoms with van der Waals surface area (Å²) < 4.78 is 55.7. The molecule has 7 heteroatoms. The lowest BCUT2D eigenvalue weighted by atomic mass is 10.2. The molecule has 0 saturated carbocycles. The Labute approximate surface area is 87.8 Å². The first-order chi connectivity index (χ1) is 7.54. The van der Waals surface area contributed by atoms with E-state index in [4.69, 9.17) is 5.26 Å². The normalized spacial score (nSPS) is 10.3. The van der Waals surface area contributed by atoms with Crippen LogP contribution in [0.15, 0.2) is 18.2 Å². The van der Waals surface area contributed by atoms with Gasteiger partial charge in [0.15, 0.2) is 11.5 Å². The smallest absolute Gasteiger partial charge is 0.387 e. The molecule has 0 aromatic heterocycles. The summed E-state index contributed by atoms with van der Waals surface area (Å²) in [4.78, 5) is 0. The van der Waals surface area contributed by atoms with E-state index in [0.29, 0.717) is 0 Å². The Balaban J connectivity index is 3.11. The van der Waals surface area contributed by atoms with Crippen molar-refractivity contribution in [2.24, 2.45) is 0 Å². The molecule has 0 heterocycles. The highest BCUT2D eigenvalue weighted by Crippen LogP contribution is 2.33. The van der Waals surface area contributed by atoms with Gasteiger partial charge in [0.05, 0.1) is 5.56 Å². The van der Waals surface area contributed by atoms with E-state index < -0.39 is 24.7 Å². The fraction of sp³-hybridized carbons (Fsp3) is 0.222. The summed E-state index contributed by atoms with van der Waals surface area (Å²) >= 11 is 0. The Kier molecular flexibility index (Phi) is 3.94. The number of ether oxygens (including phenoxy) is 2. The summed E-state index contributed by atoms with van der Waals surface area (Å²) in [5.41, 5.74) is -0.307. The molecule has 0 amide bonds. The summed E-state index contributed by atoms with van der Waals surface area (Å²) in [6.45, 7) is -6.41. The maximum atomic E-state index is 12.0. The molecule has 0 radical (unpaired) electrons. The average Bonchev–Trinajstić information content (AvgIpc) is 2.19. The van der Waals surface area contributed by atoms with Gasteiger partial charge in [-0.2, -0.15) is 22.8 Å². The average molecular weight is 235 g/mol. The van der Waals surface area contributed by atoms with Gasteiger partial charge in [-0.1, -0.05) is 6.07 Å². The van der Waals surface area contributed by atoms with Crippen molar-refractivity contribution in [2.45, 2.75) is 13.2 Å². The van der Waals surface area contributed by atoms with Gasteiger partial charge in [-0.3, -0.25) is 0 Å². The number of nitriles is 1. The monoisotopic (exact) mass is 235 g/mol. The Hall–Kier alpha value is -1.97. The summed E-state index contributed by atoms with van der Waals surface area (Å²) in [5.74, 6) is -1.30. The van der Waals surface area contributed by atoms with Crippen LogP contribution < -0.4 is 9.47 Å². The lowest BCUT2D eigenvalue weighted by molar-refractivity contribution is -0.0693. The predicted octanol–water partition coefficient (Wildman–Crippen LogP) is 2.76. The van der Waals surface area contributed by atoms with Crippen LogP contribution in [0.5, 0.6) is 11.5 Å². The lowest BCUT2D eigenvalue weighted by Crippen LogP contribution is -2.08. The summed E-state index contributed by atoms with van der Waals surface area (Å²) in [7, 11) is 0. The van der Waals surface area contributed by atoms with Gasteiger partial charge in [0.1, 0.15) is 6.07 Å². The van der Waals surface area contributed by atoms with Crippen LogP contribution in [0.25, 0.3) is 0 Å². The number of nitrogens with zero attached hydrogens (tertiary/aromatic N) is 1. The quantitative estimate of drug-likeness (QED) is 0.753. The molecule has 0 atom stereocenters. The van der Waals surface area contributed by atoms with Crippen LogP contribution in [0.1, 0.15) is 5.56 Å². The number of alkyl halides is 4.